The highest BCUT2D eigenvalue weighted by molar-refractivity contribution is 9.10. The molecule has 0 saturated heterocycles. The summed E-state index contributed by atoms with van der Waals surface area (Å²) in [5.74, 6) is 3.70. The van der Waals surface area contributed by atoms with Gasteiger partial charge in [0, 0.05) is 13.0 Å². The van der Waals surface area contributed by atoms with Gasteiger partial charge < -0.3 is 5.32 Å². The number of hydrogen-bond donors (Lipinski definition) is 1. The van der Waals surface area contributed by atoms with E-state index in [0.717, 1.165) is 27.7 Å². The minimum atomic E-state index is 0.409. The molecule has 4 heteroatoms. The third kappa shape index (κ3) is 2.68. The van der Waals surface area contributed by atoms with Crippen molar-refractivity contribution in [3.63, 3.8) is 0 Å². The third-order valence-corrected chi connectivity index (χ3v) is 4.52. The number of anilines is 1. The molecule has 1 aliphatic rings. The molecule has 18 heavy (non-hydrogen) atoms. The maximum Gasteiger partial charge on any atom is 0.144 e. The molecule has 2 rings (SSSR count). The number of halogens is 1. The standard InChI is InChI=1S/C14H22BrN3/c1-8(2)12-11(15)14(16-4)18-13(17-12)10-6-5-9(3)7-10/h8-10H,5-7H2,1-4H3,(H,16,17,18). The highest BCUT2D eigenvalue weighted by Gasteiger charge is 2.26. The van der Waals surface area contributed by atoms with Crippen LogP contribution in [0.4, 0.5) is 5.82 Å². The van der Waals surface area contributed by atoms with Gasteiger partial charge in [-0.05, 0) is 47.0 Å². The van der Waals surface area contributed by atoms with E-state index < -0.39 is 0 Å². The molecule has 1 aromatic heterocycles. The smallest absolute Gasteiger partial charge is 0.144 e. The van der Waals surface area contributed by atoms with Crippen LogP contribution in [-0.2, 0) is 0 Å². The van der Waals surface area contributed by atoms with E-state index in [4.69, 9.17) is 4.98 Å². The number of nitrogens with zero attached hydrogens (tertiary/aromatic N) is 2. The van der Waals surface area contributed by atoms with Gasteiger partial charge >= 0.3 is 0 Å². The van der Waals surface area contributed by atoms with E-state index in [1.165, 1.54) is 19.3 Å². The minimum Gasteiger partial charge on any atom is -0.372 e. The first-order valence-corrected chi connectivity index (χ1v) is 7.57. The number of nitrogens with one attached hydrogen (secondary N) is 1. The van der Waals surface area contributed by atoms with Crippen molar-refractivity contribution in [3.8, 4) is 0 Å². The van der Waals surface area contributed by atoms with Crippen LogP contribution in [0.25, 0.3) is 0 Å². The van der Waals surface area contributed by atoms with Gasteiger partial charge in [-0.25, -0.2) is 9.97 Å². The molecule has 1 fully saturated rings. The lowest BCUT2D eigenvalue weighted by atomic mass is 10.0. The molecular weight excluding hydrogens is 290 g/mol. The first-order chi connectivity index (χ1) is 8.52. The van der Waals surface area contributed by atoms with Gasteiger partial charge in [0.2, 0.25) is 0 Å². The van der Waals surface area contributed by atoms with Gasteiger partial charge in [-0.2, -0.15) is 0 Å². The lowest BCUT2D eigenvalue weighted by Crippen LogP contribution is -2.09. The maximum absolute atomic E-state index is 4.80. The van der Waals surface area contributed by atoms with E-state index in [1.807, 2.05) is 7.05 Å². The topological polar surface area (TPSA) is 37.8 Å². The molecule has 0 radical (unpaired) electrons. The summed E-state index contributed by atoms with van der Waals surface area (Å²) in [6.45, 7) is 6.67. The molecule has 1 aromatic rings. The van der Waals surface area contributed by atoms with Gasteiger partial charge in [0.25, 0.3) is 0 Å². The number of rotatable bonds is 3. The van der Waals surface area contributed by atoms with Gasteiger partial charge in [-0.3, -0.25) is 0 Å². The Balaban J connectivity index is 2.39. The second-order valence-electron chi connectivity index (χ2n) is 5.65. The van der Waals surface area contributed by atoms with E-state index in [0.29, 0.717) is 11.8 Å². The lowest BCUT2D eigenvalue weighted by molar-refractivity contribution is 0.582. The summed E-state index contributed by atoms with van der Waals surface area (Å²) in [5.41, 5.74) is 1.11. The summed E-state index contributed by atoms with van der Waals surface area (Å²) in [4.78, 5) is 9.48. The zero-order valence-electron chi connectivity index (χ0n) is 11.6. The van der Waals surface area contributed by atoms with E-state index in [2.05, 4.69) is 47.0 Å². The van der Waals surface area contributed by atoms with Gasteiger partial charge in [-0.15, -0.1) is 0 Å². The highest BCUT2D eigenvalue weighted by Crippen LogP contribution is 2.38. The van der Waals surface area contributed by atoms with E-state index >= 15 is 0 Å². The van der Waals surface area contributed by atoms with Gasteiger partial charge in [0.15, 0.2) is 0 Å². The Morgan fingerprint density at radius 1 is 1.28 bits per heavy atom. The monoisotopic (exact) mass is 311 g/mol. The molecule has 1 N–H and O–H groups in total. The minimum absolute atomic E-state index is 0.409. The molecule has 100 valence electrons. The predicted molar refractivity (Wildman–Crippen MR) is 79.1 cm³/mol. The molecule has 0 bridgehead atoms. The Morgan fingerprint density at radius 3 is 2.50 bits per heavy atom. The SMILES string of the molecule is CNc1nc(C2CCC(C)C2)nc(C(C)C)c1Br. The summed E-state index contributed by atoms with van der Waals surface area (Å²) >= 11 is 3.61. The summed E-state index contributed by atoms with van der Waals surface area (Å²) in [6.07, 6.45) is 3.75. The maximum atomic E-state index is 4.80. The predicted octanol–water partition coefficient (Wildman–Crippen LogP) is 4.31. The van der Waals surface area contributed by atoms with Crippen LogP contribution in [-0.4, -0.2) is 17.0 Å². The van der Waals surface area contributed by atoms with E-state index in [1.54, 1.807) is 0 Å². The number of aromatic nitrogens is 2. The van der Waals surface area contributed by atoms with Gasteiger partial charge in [0.05, 0.1) is 10.2 Å². The fraction of sp³-hybridized carbons (Fsp3) is 0.714. The molecule has 0 spiro atoms. The molecule has 2 unspecified atom stereocenters. The number of hydrogen-bond acceptors (Lipinski definition) is 3. The van der Waals surface area contributed by atoms with E-state index in [9.17, 15) is 0 Å². The summed E-state index contributed by atoms with van der Waals surface area (Å²) in [6, 6.07) is 0. The normalized spacial score (nSPS) is 23.7. The van der Waals surface area contributed by atoms with Crippen molar-refractivity contribution in [1.29, 1.82) is 0 Å². The van der Waals surface area contributed by atoms with Crippen molar-refractivity contribution < 1.29 is 0 Å². The molecule has 0 amide bonds. The summed E-state index contributed by atoms with van der Waals surface area (Å²) in [5, 5.41) is 3.17. The van der Waals surface area contributed by atoms with Crippen LogP contribution in [0.15, 0.2) is 4.47 Å². The molecular formula is C14H22BrN3. The van der Waals surface area contributed by atoms with Crippen LogP contribution >= 0.6 is 15.9 Å². The Kier molecular flexibility index (Phi) is 4.25. The Morgan fingerprint density at radius 2 is 2.00 bits per heavy atom. The van der Waals surface area contributed by atoms with E-state index in [-0.39, 0.29) is 0 Å². The van der Waals surface area contributed by atoms with Crippen LogP contribution in [0.1, 0.15) is 63.4 Å². The van der Waals surface area contributed by atoms with Crippen LogP contribution in [0.5, 0.6) is 0 Å². The fourth-order valence-electron chi connectivity index (χ4n) is 2.65. The zero-order chi connectivity index (χ0) is 13.3. The van der Waals surface area contributed by atoms with Crippen LogP contribution in [0, 0.1) is 5.92 Å². The van der Waals surface area contributed by atoms with Crippen LogP contribution in [0.2, 0.25) is 0 Å². The average Bonchev–Trinajstić information content (AvgIpc) is 2.76. The fourth-order valence-corrected chi connectivity index (χ4v) is 3.49. The first kappa shape index (κ1) is 13.8. The Bertz CT molecular complexity index is 431. The first-order valence-electron chi connectivity index (χ1n) is 6.78. The van der Waals surface area contributed by atoms with Gasteiger partial charge in [0.1, 0.15) is 11.6 Å². The summed E-state index contributed by atoms with van der Waals surface area (Å²) in [7, 11) is 1.91. The van der Waals surface area contributed by atoms with Crippen LogP contribution in [0.3, 0.4) is 0 Å². The highest BCUT2D eigenvalue weighted by atomic mass is 79.9. The van der Waals surface area contributed by atoms with Crippen molar-refractivity contribution in [2.45, 2.75) is 51.9 Å². The quantitative estimate of drug-likeness (QED) is 0.904. The molecule has 1 aliphatic carbocycles. The Hall–Kier alpha value is -0.640. The van der Waals surface area contributed by atoms with Crippen LogP contribution < -0.4 is 5.32 Å². The molecule has 1 heterocycles. The largest absolute Gasteiger partial charge is 0.372 e. The summed E-state index contributed by atoms with van der Waals surface area (Å²) < 4.78 is 1.01. The van der Waals surface area contributed by atoms with Crippen molar-refractivity contribution in [2.24, 2.45) is 5.92 Å². The lowest BCUT2D eigenvalue weighted by Gasteiger charge is -2.16. The molecule has 2 atom stereocenters. The van der Waals surface area contributed by atoms with Gasteiger partial charge in [-0.1, -0.05) is 20.8 Å². The van der Waals surface area contributed by atoms with Crippen molar-refractivity contribution in [3.05, 3.63) is 16.0 Å². The van der Waals surface area contributed by atoms with Crippen molar-refractivity contribution in [1.82, 2.24) is 9.97 Å². The molecule has 3 nitrogen and oxygen atoms in total. The molecule has 0 aromatic carbocycles. The second-order valence-corrected chi connectivity index (χ2v) is 6.44. The molecule has 1 saturated carbocycles. The second kappa shape index (κ2) is 5.55. The zero-order valence-corrected chi connectivity index (χ0v) is 13.2. The van der Waals surface area contributed by atoms with Crippen molar-refractivity contribution in [2.75, 3.05) is 12.4 Å². The Labute approximate surface area is 118 Å². The third-order valence-electron chi connectivity index (χ3n) is 3.74. The average molecular weight is 312 g/mol. The molecule has 0 aliphatic heterocycles. The van der Waals surface area contributed by atoms with Crippen molar-refractivity contribution >= 4 is 21.7 Å².